The Hall–Kier alpha value is -1.85. The van der Waals surface area contributed by atoms with Crippen LogP contribution in [0.3, 0.4) is 0 Å². The van der Waals surface area contributed by atoms with E-state index >= 15 is 0 Å². The zero-order valence-corrected chi connectivity index (χ0v) is 17.5. The van der Waals surface area contributed by atoms with Crippen molar-refractivity contribution < 1.29 is 4.52 Å². The molecule has 3 heterocycles. The quantitative estimate of drug-likeness (QED) is 0.453. The van der Waals surface area contributed by atoms with Crippen molar-refractivity contribution in [3.63, 3.8) is 0 Å². The average molecular weight is 403 g/mol. The van der Waals surface area contributed by atoms with E-state index in [0.717, 1.165) is 25.1 Å². The van der Waals surface area contributed by atoms with E-state index in [1.54, 1.807) is 0 Å². The molecule has 0 bridgehead atoms. The fourth-order valence-electron chi connectivity index (χ4n) is 4.06. The number of benzene rings is 1. The van der Waals surface area contributed by atoms with Gasteiger partial charge in [0.25, 0.3) is 0 Å². The molecule has 0 aliphatic carbocycles. The van der Waals surface area contributed by atoms with Gasteiger partial charge in [0, 0.05) is 29.2 Å². The van der Waals surface area contributed by atoms with E-state index in [0.29, 0.717) is 11.7 Å². The summed E-state index contributed by atoms with van der Waals surface area (Å²) in [5.74, 6) is 1.41. The number of aryl methyl sites for hydroxylation is 1. The zero-order chi connectivity index (χ0) is 18.5. The highest BCUT2D eigenvalue weighted by molar-refractivity contribution is 5.93. The maximum Gasteiger partial charge on any atom is 0.244 e. The lowest BCUT2D eigenvalue weighted by molar-refractivity contribution is 0.345. The molecule has 1 aliphatic heterocycles. The summed E-state index contributed by atoms with van der Waals surface area (Å²) in [5, 5.41) is 8.88. The fourth-order valence-corrected chi connectivity index (χ4v) is 4.06. The molecule has 28 heavy (non-hydrogen) atoms. The van der Waals surface area contributed by atoms with Crippen LogP contribution in [-0.2, 0) is 6.54 Å². The third-order valence-corrected chi connectivity index (χ3v) is 5.61. The first-order chi connectivity index (χ1) is 13.4. The number of nitrogens with one attached hydrogen (secondary N) is 1. The molecule has 6 heteroatoms. The summed E-state index contributed by atoms with van der Waals surface area (Å²) in [6, 6.07) is 8.77. The van der Waals surface area contributed by atoms with Crippen LogP contribution in [0.2, 0.25) is 0 Å². The van der Waals surface area contributed by atoms with Gasteiger partial charge in [-0.05, 0) is 37.9 Å². The topological polar surface area (TPSA) is 55.9 Å². The SMILES string of the molecule is CCCCCCCCn1ccc2c(-c3noc([C@@H]4CCCN4)n3)cccc21.Cl. The van der Waals surface area contributed by atoms with E-state index in [9.17, 15) is 0 Å². The second kappa shape index (κ2) is 10.1. The molecule has 152 valence electrons. The van der Waals surface area contributed by atoms with E-state index in [4.69, 9.17) is 4.52 Å². The van der Waals surface area contributed by atoms with Crippen LogP contribution < -0.4 is 5.32 Å². The summed E-state index contributed by atoms with van der Waals surface area (Å²) in [4.78, 5) is 4.68. The molecule has 1 atom stereocenters. The first-order valence-corrected chi connectivity index (χ1v) is 10.5. The molecule has 5 nitrogen and oxygen atoms in total. The highest BCUT2D eigenvalue weighted by atomic mass is 35.5. The Bertz CT molecular complexity index is 866. The zero-order valence-electron chi connectivity index (χ0n) is 16.7. The fraction of sp³-hybridized carbons (Fsp3) is 0.545. The summed E-state index contributed by atoms with van der Waals surface area (Å²) < 4.78 is 7.90. The van der Waals surface area contributed by atoms with Crippen molar-refractivity contribution in [3.05, 3.63) is 36.4 Å². The highest BCUT2D eigenvalue weighted by Crippen LogP contribution is 2.30. The second-order valence-electron chi connectivity index (χ2n) is 7.62. The number of rotatable bonds is 9. The summed E-state index contributed by atoms with van der Waals surface area (Å²) in [7, 11) is 0. The second-order valence-corrected chi connectivity index (χ2v) is 7.62. The first kappa shape index (κ1) is 20.9. The lowest BCUT2D eigenvalue weighted by Gasteiger charge is -2.06. The van der Waals surface area contributed by atoms with E-state index in [1.807, 2.05) is 0 Å². The molecular formula is C22H31ClN4O. The van der Waals surface area contributed by atoms with Crippen LogP contribution in [0.4, 0.5) is 0 Å². The third kappa shape index (κ3) is 4.58. The Kier molecular flexibility index (Phi) is 7.51. The number of aromatic nitrogens is 3. The molecule has 1 aliphatic rings. The first-order valence-electron chi connectivity index (χ1n) is 10.5. The monoisotopic (exact) mass is 402 g/mol. The molecule has 1 saturated heterocycles. The molecule has 1 fully saturated rings. The van der Waals surface area contributed by atoms with Crippen LogP contribution in [-0.4, -0.2) is 21.3 Å². The van der Waals surface area contributed by atoms with Gasteiger partial charge < -0.3 is 14.4 Å². The Labute approximate surface area is 173 Å². The van der Waals surface area contributed by atoms with Crippen molar-refractivity contribution in [3.8, 4) is 11.4 Å². The van der Waals surface area contributed by atoms with Crippen LogP contribution in [0, 0.1) is 0 Å². The number of nitrogens with zero attached hydrogens (tertiary/aromatic N) is 3. The molecule has 3 aromatic rings. The summed E-state index contributed by atoms with van der Waals surface area (Å²) in [5.41, 5.74) is 2.31. The van der Waals surface area contributed by atoms with Gasteiger partial charge in [-0.3, -0.25) is 0 Å². The Morgan fingerprint density at radius 2 is 2.00 bits per heavy atom. The van der Waals surface area contributed by atoms with Crippen molar-refractivity contribution in [2.24, 2.45) is 0 Å². The van der Waals surface area contributed by atoms with Crippen molar-refractivity contribution in [2.75, 3.05) is 6.54 Å². The van der Waals surface area contributed by atoms with Gasteiger partial charge in [-0.2, -0.15) is 4.98 Å². The number of hydrogen-bond donors (Lipinski definition) is 1. The van der Waals surface area contributed by atoms with Gasteiger partial charge in [0.15, 0.2) is 0 Å². The van der Waals surface area contributed by atoms with Crippen LogP contribution in [0.5, 0.6) is 0 Å². The number of unbranched alkanes of at least 4 members (excludes halogenated alkanes) is 5. The maximum absolute atomic E-state index is 5.54. The molecule has 1 N–H and O–H groups in total. The van der Waals surface area contributed by atoms with Crippen LogP contribution in [0.1, 0.15) is 70.2 Å². The normalized spacial score (nSPS) is 16.5. The molecule has 0 saturated carbocycles. The lowest BCUT2D eigenvalue weighted by Crippen LogP contribution is -2.12. The standard InChI is InChI=1S/C22H30N4O.ClH/c1-2-3-4-5-6-7-15-26-16-13-17-18(10-8-12-20(17)26)21-24-22(27-25-21)19-11-9-14-23-19;/h8,10,12-13,16,19,23H,2-7,9,11,14-15H2,1H3;1H/t19-;/m0./s1. The van der Waals surface area contributed by atoms with Gasteiger partial charge in [0.1, 0.15) is 0 Å². The van der Waals surface area contributed by atoms with E-state index < -0.39 is 0 Å². The van der Waals surface area contributed by atoms with Gasteiger partial charge in [0.05, 0.1) is 6.04 Å². The van der Waals surface area contributed by atoms with Gasteiger partial charge >= 0.3 is 0 Å². The molecule has 2 aromatic heterocycles. The molecular weight excluding hydrogens is 372 g/mol. The minimum Gasteiger partial charge on any atom is -0.347 e. The molecule has 1 aromatic carbocycles. The summed E-state index contributed by atoms with van der Waals surface area (Å²) in [6.45, 7) is 4.36. The van der Waals surface area contributed by atoms with Gasteiger partial charge in [-0.15, -0.1) is 12.4 Å². The van der Waals surface area contributed by atoms with Crippen molar-refractivity contribution in [1.82, 2.24) is 20.0 Å². The number of hydrogen-bond acceptors (Lipinski definition) is 4. The van der Waals surface area contributed by atoms with E-state index in [-0.39, 0.29) is 18.4 Å². The Morgan fingerprint density at radius 1 is 1.14 bits per heavy atom. The molecule has 0 amide bonds. The smallest absolute Gasteiger partial charge is 0.244 e. The number of fused-ring (bicyclic) bond motifs is 1. The van der Waals surface area contributed by atoms with Gasteiger partial charge in [-0.25, -0.2) is 0 Å². The van der Waals surface area contributed by atoms with Crippen LogP contribution in [0.25, 0.3) is 22.3 Å². The predicted octanol–water partition coefficient (Wildman–Crippen LogP) is 5.90. The third-order valence-electron chi connectivity index (χ3n) is 5.61. The molecule has 0 spiro atoms. The van der Waals surface area contributed by atoms with Gasteiger partial charge in [-0.1, -0.05) is 56.3 Å². The van der Waals surface area contributed by atoms with Crippen LogP contribution >= 0.6 is 12.4 Å². The minimum atomic E-state index is 0. The lowest BCUT2D eigenvalue weighted by atomic mass is 10.1. The van der Waals surface area contributed by atoms with E-state index in [2.05, 4.69) is 57.4 Å². The van der Waals surface area contributed by atoms with Gasteiger partial charge in [0.2, 0.25) is 11.7 Å². The van der Waals surface area contributed by atoms with Crippen LogP contribution in [0.15, 0.2) is 35.0 Å². The minimum absolute atomic E-state index is 0. The van der Waals surface area contributed by atoms with Crippen molar-refractivity contribution in [1.29, 1.82) is 0 Å². The highest BCUT2D eigenvalue weighted by Gasteiger charge is 2.23. The molecule has 0 unspecified atom stereocenters. The number of halogens is 1. The van der Waals surface area contributed by atoms with Crippen molar-refractivity contribution >= 4 is 23.3 Å². The predicted molar refractivity (Wildman–Crippen MR) is 116 cm³/mol. The maximum atomic E-state index is 5.54. The average Bonchev–Trinajstić information content (AvgIpc) is 3.44. The largest absolute Gasteiger partial charge is 0.347 e. The molecule has 4 rings (SSSR count). The van der Waals surface area contributed by atoms with Crippen molar-refractivity contribution in [2.45, 2.75) is 70.9 Å². The summed E-state index contributed by atoms with van der Waals surface area (Å²) >= 11 is 0. The Morgan fingerprint density at radius 3 is 2.82 bits per heavy atom. The molecule has 0 radical (unpaired) electrons. The summed E-state index contributed by atoms with van der Waals surface area (Å²) in [6.07, 6.45) is 12.3. The van der Waals surface area contributed by atoms with E-state index in [1.165, 1.54) is 55.8 Å². The Balaban J connectivity index is 0.00000225.